The van der Waals surface area contributed by atoms with Gasteiger partial charge in [-0.25, -0.2) is 0 Å². The summed E-state index contributed by atoms with van der Waals surface area (Å²) in [4.78, 5) is 2.19. The molecule has 0 bridgehead atoms. The van der Waals surface area contributed by atoms with Crippen LogP contribution >= 0.6 is 0 Å². The number of anilines is 1. The van der Waals surface area contributed by atoms with Crippen molar-refractivity contribution in [1.29, 1.82) is 0 Å². The average Bonchev–Trinajstić information content (AvgIpc) is 2.40. The minimum Gasteiger partial charge on any atom is -0.372 e. The minimum atomic E-state index is -0.355. The van der Waals surface area contributed by atoms with Gasteiger partial charge in [0.2, 0.25) is 0 Å². The first kappa shape index (κ1) is 12.7. The fourth-order valence-electron chi connectivity index (χ4n) is 2.18. The number of para-hydroxylation sites is 1. The molecule has 2 rings (SSSR count). The highest BCUT2D eigenvalue weighted by atomic mass is 15.1. The van der Waals surface area contributed by atoms with E-state index in [1.54, 1.807) is 0 Å². The lowest BCUT2D eigenvalue weighted by Crippen LogP contribution is -2.44. The number of likely N-dealkylation sites (N-methyl/N-ethyl adjacent to an activating group) is 1. The number of benzene rings is 2. The Hall–Kier alpha value is -1.80. The van der Waals surface area contributed by atoms with Crippen LogP contribution in [0.1, 0.15) is 12.5 Å². The Morgan fingerprint density at radius 2 is 1.44 bits per heavy atom. The highest BCUT2D eigenvalue weighted by molar-refractivity contribution is 5.46. The number of rotatable bonds is 4. The van der Waals surface area contributed by atoms with Crippen molar-refractivity contribution < 1.29 is 0 Å². The van der Waals surface area contributed by atoms with Crippen LogP contribution in [0.4, 0.5) is 5.69 Å². The van der Waals surface area contributed by atoms with Gasteiger partial charge in [-0.05, 0) is 24.6 Å². The molecule has 0 heterocycles. The zero-order valence-electron chi connectivity index (χ0n) is 11.0. The van der Waals surface area contributed by atoms with E-state index in [0.29, 0.717) is 0 Å². The van der Waals surface area contributed by atoms with Gasteiger partial charge in [0.25, 0.3) is 0 Å². The molecule has 2 aromatic rings. The van der Waals surface area contributed by atoms with E-state index in [4.69, 9.17) is 5.73 Å². The molecule has 0 radical (unpaired) electrons. The molecule has 2 aromatic carbocycles. The van der Waals surface area contributed by atoms with E-state index < -0.39 is 0 Å². The van der Waals surface area contributed by atoms with Crippen molar-refractivity contribution in [2.75, 3.05) is 18.5 Å². The maximum absolute atomic E-state index is 6.43. The summed E-state index contributed by atoms with van der Waals surface area (Å²) in [6, 6.07) is 20.5. The van der Waals surface area contributed by atoms with E-state index >= 15 is 0 Å². The monoisotopic (exact) mass is 240 g/mol. The Morgan fingerprint density at radius 3 is 2.00 bits per heavy atom. The fourth-order valence-corrected chi connectivity index (χ4v) is 2.18. The average molecular weight is 240 g/mol. The molecule has 0 aliphatic rings. The lowest BCUT2D eigenvalue weighted by molar-refractivity contribution is 0.495. The van der Waals surface area contributed by atoms with Crippen LogP contribution in [0, 0.1) is 0 Å². The molecule has 0 aromatic heterocycles. The van der Waals surface area contributed by atoms with Crippen molar-refractivity contribution in [3.8, 4) is 0 Å². The molecule has 0 aliphatic heterocycles. The second-order valence-electron chi connectivity index (χ2n) is 4.98. The Balaban J connectivity index is 2.14. The third-order valence-corrected chi connectivity index (χ3v) is 3.20. The molecule has 2 heteroatoms. The van der Waals surface area contributed by atoms with Crippen molar-refractivity contribution >= 4 is 5.69 Å². The first-order valence-electron chi connectivity index (χ1n) is 6.20. The first-order valence-corrected chi connectivity index (χ1v) is 6.20. The second kappa shape index (κ2) is 5.23. The Kier molecular flexibility index (Phi) is 3.68. The molecule has 2 nitrogen and oxygen atoms in total. The standard InChI is InChI=1S/C16H20N2/c1-16(17,14-9-5-3-6-10-14)13-18(2)15-11-7-4-8-12-15/h3-12H,13,17H2,1-2H3. The van der Waals surface area contributed by atoms with Crippen molar-refractivity contribution in [3.63, 3.8) is 0 Å². The molecule has 1 atom stereocenters. The summed E-state index contributed by atoms with van der Waals surface area (Å²) in [7, 11) is 2.07. The van der Waals surface area contributed by atoms with Gasteiger partial charge in [0.15, 0.2) is 0 Å². The van der Waals surface area contributed by atoms with Gasteiger partial charge in [0, 0.05) is 19.3 Å². The van der Waals surface area contributed by atoms with Crippen LogP contribution in [0.3, 0.4) is 0 Å². The molecule has 0 spiro atoms. The van der Waals surface area contributed by atoms with Gasteiger partial charge in [-0.1, -0.05) is 48.5 Å². The highest BCUT2D eigenvalue weighted by Crippen LogP contribution is 2.21. The van der Waals surface area contributed by atoms with Gasteiger partial charge >= 0.3 is 0 Å². The largest absolute Gasteiger partial charge is 0.372 e. The Labute approximate surface area is 109 Å². The molecule has 0 saturated carbocycles. The summed E-state index contributed by atoms with van der Waals surface area (Å²) >= 11 is 0. The first-order chi connectivity index (χ1) is 8.59. The number of hydrogen-bond acceptors (Lipinski definition) is 2. The van der Waals surface area contributed by atoms with Crippen LogP contribution in [0.15, 0.2) is 60.7 Å². The zero-order chi connectivity index (χ0) is 13.0. The van der Waals surface area contributed by atoms with Gasteiger partial charge in [-0.15, -0.1) is 0 Å². The third-order valence-electron chi connectivity index (χ3n) is 3.20. The number of nitrogens with zero attached hydrogens (tertiary/aromatic N) is 1. The summed E-state index contributed by atoms with van der Waals surface area (Å²) in [6.07, 6.45) is 0. The molecule has 0 aliphatic carbocycles. The second-order valence-corrected chi connectivity index (χ2v) is 4.98. The van der Waals surface area contributed by atoms with Crippen LogP contribution < -0.4 is 10.6 Å². The predicted molar refractivity (Wildman–Crippen MR) is 77.7 cm³/mol. The number of nitrogens with two attached hydrogens (primary N) is 1. The lowest BCUT2D eigenvalue weighted by Gasteiger charge is -2.32. The molecule has 1 unspecified atom stereocenters. The van der Waals surface area contributed by atoms with Crippen LogP contribution in [0.25, 0.3) is 0 Å². The predicted octanol–water partition coefficient (Wildman–Crippen LogP) is 3.00. The SMILES string of the molecule is CN(CC(C)(N)c1ccccc1)c1ccccc1. The van der Waals surface area contributed by atoms with Crippen LogP contribution in [0.2, 0.25) is 0 Å². The fraction of sp³-hybridized carbons (Fsp3) is 0.250. The lowest BCUT2D eigenvalue weighted by atomic mass is 9.92. The van der Waals surface area contributed by atoms with Gasteiger partial charge in [0.1, 0.15) is 0 Å². The summed E-state index contributed by atoms with van der Waals surface area (Å²) < 4.78 is 0. The summed E-state index contributed by atoms with van der Waals surface area (Å²) in [6.45, 7) is 2.85. The topological polar surface area (TPSA) is 29.3 Å². The van der Waals surface area contributed by atoms with Crippen molar-refractivity contribution in [1.82, 2.24) is 0 Å². The summed E-state index contributed by atoms with van der Waals surface area (Å²) in [5.41, 5.74) is 8.42. The van der Waals surface area contributed by atoms with E-state index in [0.717, 1.165) is 12.1 Å². The summed E-state index contributed by atoms with van der Waals surface area (Å²) in [5, 5.41) is 0. The van der Waals surface area contributed by atoms with E-state index in [9.17, 15) is 0 Å². The highest BCUT2D eigenvalue weighted by Gasteiger charge is 2.22. The van der Waals surface area contributed by atoms with E-state index in [-0.39, 0.29) is 5.54 Å². The van der Waals surface area contributed by atoms with Crippen molar-refractivity contribution in [2.24, 2.45) is 5.73 Å². The molecule has 0 amide bonds. The van der Waals surface area contributed by atoms with Crippen LogP contribution in [-0.2, 0) is 5.54 Å². The number of hydrogen-bond donors (Lipinski definition) is 1. The molecule has 94 valence electrons. The molecule has 0 saturated heterocycles. The van der Waals surface area contributed by atoms with E-state index in [1.807, 2.05) is 36.4 Å². The smallest absolute Gasteiger partial charge is 0.0558 e. The zero-order valence-corrected chi connectivity index (χ0v) is 11.0. The van der Waals surface area contributed by atoms with Crippen LogP contribution in [-0.4, -0.2) is 13.6 Å². The Morgan fingerprint density at radius 1 is 0.944 bits per heavy atom. The van der Waals surface area contributed by atoms with Crippen LogP contribution in [0.5, 0.6) is 0 Å². The van der Waals surface area contributed by atoms with E-state index in [1.165, 1.54) is 5.69 Å². The maximum Gasteiger partial charge on any atom is 0.0558 e. The van der Waals surface area contributed by atoms with E-state index in [2.05, 4.69) is 43.1 Å². The molecular formula is C16H20N2. The van der Waals surface area contributed by atoms with Crippen molar-refractivity contribution in [2.45, 2.75) is 12.5 Å². The van der Waals surface area contributed by atoms with Gasteiger partial charge in [-0.3, -0.25) is 0 Å². The summed E-state index contributed by atoms with van der Waals surface area (Å²) in [5.74, 6) is 0. The van der Waals surface area contributed by atoms with Gasteiger partial charge < -0.3 is 10.6 Å². The van der Waals surface area contributed by atoms with Gasteiger partial charge in [-0.2, -0.15) is 0 Å². The molecule has 2 N–H and O–H groups in total. The molecule has 18 heavy (non-hydrogen) atoms. The Bertz CT molecular complexity index is 477. The van der Waals surface area contributed by atoms with Crippen molar-refractivity contribution in [3.05, 3.63) is 66.2 Å². The molecule has 0 fully saturated rings. The molecular weight excluding hydrogens is 220 g/mol. The quantitative estimate of drug-likeness (QED) is 0.890. The normalized spacial score (nSPS) is 13.9. The minimum absolute atomic E-state index is 0.355. The van der Waals surface area contributed by atoms with Gasteiger partial charge in [0.05, 0.1) is 5.54 Å². The maximum atomic E-state index is 6.43. The third kappa shape index (κ3) is 2.90.